The molecule has 2 atom stereocenters. The number of fused-ring (bicyclic) bond motifs is 1. The molecule has 0 N–H and O–H groups in total. The predicted molar refractivity (Wildman–Crippen MR) is 124 cm³/mol. The Hall–Kier alpha value is -2.03. The molecule has 2 unspecified atom stereocenters. The van der Waals surface area contributed by atoms with Crippen molar-refractivity contribution >= 4 is 23.7 Å². The summed E-state index contributed by atoms with van der Waals surface area (Å²) in [6.07, 6.45) is 0.389. The lowest BCUT2D eigenvalue weighted by molar-refractivity contribution is -0.0335. The van der Waals surface area contributed by atoms with Gasteiger partial charge in [-0.2, -0.15) is 0 Å². The smallest absolute Gasteiger partial charge is 0.410 e. The highest BCUT2D eigenvalue weighted by Gasteiger charge is 2.36. The molecule has 0 bridgehead atoms. The number of hydrogen-bond donors (Lipinski definition) is 0. The number of hydrogen-bond acceptors (Lipinski definition) is 5. The van der Waals surface area contributed by atoms with Crippen molar-refractivity contribution in [2.24, 2.45) is 0 Å². The summed E-state index contributed by atoms with van der Waals surface area (Å²) in [6.45, 7) is 11.7. The van der Waals surface area contributed by atoms with Gasteiger partial charge in [-0.25, -0.2) is 9.59 Å². The van der Waals surface area contributed by atoms with Crippen LogP contribution in [0.5, 0.6) is 0 Å². The molecule has 0 aromatic heterocycles. The van der Waals surface area contributed by atoms with Gasteiger partial charge in [-0.3, -0.25) is 4.90 Å². The Balaban J connectivity index is 1.60. The van der Waals surface area contributed by atoms with Gasteiger partial charge in [-0.15, -0.1) is 0 Å². The van der Waals surface area contributed by atoms with E-state index in [-0.39, 0.29) is 24.3 Å². The quantitative estimate of drug-likeness (QED) is 0.611. The highest BCUT2D eigenvalue weighted by Crippen LogP contribution is 2.35. The van der Waals surface area contributed by atoms with Crippen LogP contribution in [-0.4, -0.2) is 84.5 Å². The molecule has 0 saturated carbocycles. The van der Waals surface area contributed by atoms with E-state index >= 15 is 0 Å². The molecular formula is C24H34ClN3O5. The number of nitrogens with zero attached hydrogens (tertiary/aromatic N) is 3. The van der Waals surface area contributed by atoms with E-state index in [1.54, 1.807) is 4.90 Å². The second kappa shape index (κ2) is 9.68. The van der Waals surface area contributed by atoms with E-state index in [4.69, 9.17) is 25.8 Å². The van der Waals surface area contributed by atoms with Gasteiger partial charge in [0.2, 0.25) is 0 Å². The van der Waals surface area contributed by atoms with Crippen molar-refractivity contribution in [1.29, 1.82) is 0 Å². The Bertz CT molecular complexity index is 903. The van der Waals surface area contributed by atoms with Crippen molar-refractivity contribution in [3.8, 4) is 0 Å². The normalized spacial score (nSPS) is 23.8. The van der Waals surface area contributed by atoms with E-state index in [0.717, 1.165) is 16.7 Å². The zero-order valence-electron chi connectivity index (χ0n) is 19.9. The Morgan fingerprint density at radius 3 is 2.64 bits per heavy atom. The zero-order valence-corrected chi connectivity index (χ0v) is 20.7. The summed E-state index contributed by atoms with van der Waals surface area (Å²) in [4.78, 5) is 31.7. The molecule has 3 aliphatic heterocycles. The van der Waals surface area contributed by atoms with Gasteiger partial charge >= 0.3 is 12.1 Å². The summed E-state index contributed by atoms with van der Waals surface area (Å²) in [7, 11) is 0. The van der Waals surface area contributed by atoms with Gasteiger partial charge in [0, 0.05) is 37.7 Å². The lowest BCUT2D eigenvalue weighted by atomic mass is 9.90. The molecule has 0 aliphatic carbocycles. The molecule has 2 fully saturated rings. The number of carbonyl (C=O) groups is 2. The van der Waals surface area contributed by atoms with Crippen molar-refractivity contribution in [3.05, 3.63) is 33.8 Å². The third-order valence-electron chi connectivity index (χ3n) is 6.24. The molecule has 33 heavy (non-hydrogen) atoms. The third kappa shape index (κ3) is 5.55. The van der Waals surface area contributed by atoms with Gasteiger partial charge in [-0.1, -0.05) is 11.6 Å². The van der Waals surface area contributed by atoms with E-state index < -0.39 is 5.60 Å². The highest BCUT2D eigenvalue weighted by molar-refractivity contribution is 6.30. The monoisotopic (exact) mass is 479 g/mol. The number of benzene rings is 1. The Labute approximate surface area is 200 Å². The minimum atomic E-state index is -0.591. The molecule has 9 heteroatoms. The topological polar surface area (TPSA) is 71.6 Å². The lowest BCUT2D eigenvalue weighted by Crippen LogP contribution is -2.51. The number of morpholine rings is 2. The number of halogens is 1. The fraction of sp³-hybridized carbons (Fsp3) is 0.667. The largest absolute Gasteiger partial charge is 0.444 e. The maximum Gasteiger partial charge on any atom is 0.410 e. The summed E-state index contributed by atoms with van der Waals surface area (Å²) in [5, 5.41) is 0.625. The molecule has 3 amide bonds. The van der Waals surface area contributed by atoms with Crippen LogP contribution in [0, 0.1) is 0 Å². The predicted octanol–water partition coefficient (Wildman–Crippen LogP) is 3.85. The van der Waals surface area contributed by atoms with Crippen LogP contribution in [0.4, 0.5) is 9.59 Å². The van der Waals surface area contributed by atoms with Gasteiger partial charge in [0.1, 0.15) is 5.60 Å². The molecule has 8 nitrogen and oxygen atoms in total. The first-order chi connectivity index (χ1) is 15.6. The first-order valence-electron chi connectivity index (χ1n) is 11.7. The van der Waals surface area contributed by atoms with E-state index in [1.165, 1.54) is 0 Å². The van der Waals surface area contributed by atoms with Gasteiger partial charge in [0.25, 0.3) is 0 Å². The van der Waals surface area contributed by atoms with Crippen LogP contribution in [0.25, 0.3) is 0 Å². The minimum absolute atomic E-state index is 0.0283. The van der Waals surface area contributed by atoms with Gasteiger partial charge in [-0.05, 0) is 62.9 Å². The number of ether oxygens (including phenoxy) is 3. The van der Waals surface area contributed by atoms with Crippen LogP contribution < -0.4 is 0 Å². The van der Waals surface area contributed by atoms with Crippen LogP contribution >= 0.6 is 11.6 Å². The lowest BCUT2D eigenvalue weighted by Gasteiger charge is -2.40. The van der Waals surface area contributed by atoms with Crippen LogP contribution in [0.2, 0.25) is 5.02 Å². The second-order valence-corrected chi connectivity index (χ2v) is 10.4. The van der Waals surface area contributed by atoms with Gasteiger partial charge in [0.05, 0.1) is 32.0 Å². The van der Waals surface area contributed by atoms with Crippen LogP contribution in [0.15, 0.2) is 12.1 Å². The van der Waals surface area contributed by atoms with Gasteiger partial charge in [0.15, 0.2) is 0 Å². The Kier molecular flexibility index (Phi) is 7.07. The van der Waals surface area contributed by atoms with Crippen LogP contribution in [0.3, 0.4) is 0 Å². The first kappa shape index (κ1) is 24.1. The van der Waals surface area contributed by atoms with E-state index in [1.807, 2.05) is 49.6 Å². The van der Waals surface area contributed by atoms with E-state index in [0.29, 0.717) is 64.0 Å². The Morgan fingerprint density at radius 1 is 1.12 bits per heavy atom. The fourth-order valence-electron chi connectivity index (χ4n) is 4.71. The summed E-state index contributed by atoms with van der Waals surface area (Å²) in [5.74, 6) is 0. The average Bonchev–Trinajstić information content (AvgIpc) is 2.76. The number of carbonyl (C=O) groups excluding carboxylic acids is 2. The zero-order chi connectivity index (χ0) is 23.8. The van der Waals surface area contributed by atoms with Gasteiger partial charge < -0.3 is 24.0 Å². The standard InChI is InChI=1S/C24H34ClN3O5/c1-16-13-27(7-10-32-16)22(29)26-6-5-17-11-18(25)12-19(20(17)14-26)21-15-31-9-8-28(21)23(30)33-24(2,3)4/h11-12,16,21H,5-10,13-15H2,1-4H3. The van der Waals surface area contributed by atoms with E-state index in [9.17, 15) is 9.59 Å². The minimum Gasteiger partial charge on any atom is -0.444 e. The molecule has 4 rings (SSSR count). The highest BCUT2D eigenvalue weighted by atomic mass is 35.5. The molecule has 0 spiro atoms. The molecule has 182 valence electrons. The van der Waals surface area contributed by atoms with Crippen LogP contribution in [0.1, 0.15) is 50.4 Å². The SMILES string of the molecule is CC1CN(C(=O)N2CCc3cc(Cl)cc(C4COCCN4C(=O)OC(C)(C)C)c3C2)CCO1. The number of rotatable bonds is 1. The third-order valence-corrected chi connectivity index (χ3v) is 6.46. The van der Waals surface area contributed by atoms with Crippen molar-refractivity contribution in [2.45, 2.75) is 58.4 Å². The maximum atomic E-state index is 13.3. The van der Waals surface area contributed by atoms with E-state index in [2.05, 4.69) is 0 Å². The van der Waals surface area contributed by atoms with Crippen molar-refractivity contribution < 1.29 is 23.8 Å². The first-order valence-corrected chi connectivity index (χ1v) is 12.0. The summed E-state index contributed by atoms with van der Waals surface area (Å²) >= 11 is 6.49. The molecule has 1 aromatic carbocycles. The molecule has 3 aliphatic rings. The number of urea groups is 1. The van der Waals surface area contributed by atoms with Crippen molar-refractivity contribution in [3.63, 3.8) is 0 Å². The molecule has 0 radical (unpaired) electrons. The van der Waals surface area contributed by atoms with Crippen LogP contribution in [-0.2, 0) is 27.2 Å². The molecule has 2 saturated heterocycles. The fourth-order valence-corrected chi connectivity index (χ4v) is 4.96. The molecular weight excluding hydrogens is 446 g/mol. The summed E-state index contributed by atoms with van der Waals surface area (Å²) in [5.41, 5.74) is 2.50. The van der Waals surface area contributed by atoms with Crippen molar-refractivity contribution in [2.75, 3.05) is 46.0 Å². The maximum absolute atomic E-state index is 13.3. The summed E-state index contributed by atoms with van der Waals surface area (Å²) in [6, 6.07) is 3.59. The Morgan fingerprint density at radius 2 is 1.91 bits per heavy atom. The number of amides is 3. The second-order valence-electron chi connectivity index (χ2n) is 9.98. The molecule has 3 heterocycles. The van der Waals surface area contributed by atoms with Crippen molar-refractivity contribution in [1.82, 2.24) is 14.7 Å². The summed E-state index contributed by atoms with van der Waals surface area (Å²) < 4.78 is 17.0. The molecule has 1 aromatic rings. The average molecular weight is 480 g/mol.